The largest absolute Gasteiger partial charge is 0.339 e. The lowest BCUT2D eigenvalue weighted by atomic mass is 9.93. The summed E-state index contributed by atoms with van der Waals surface area (Å²) in [6.45, 7) is 4.75. The Bertz CT molecular complexity index is 1080. The zero-order chi connectivity index (χ0) is 23.8. The first-order chi connectivity index (χ1) is 17.2. The van der Waals surface area contributed by atoms with Gasteiger partial charge in [-0.3, -0.25) is 14.5 Å². The van der Waals surface area contributed by atoms with E-state index in [1.807, 2.05) is 35.2 Å². The molecule has 3 aliphatic heterocycles. The molecule has 0 bridgehead atoms. The third-order valence-corrected chi connectivity index (χ3v) is 8.80. The van der Waals surface area contributed by atoms with Gasteiger partial charge in [-0.2, -0.15) is 0 Å². The highest BCUT2D eigenvalue weighted by molar-refractivity contribution is 5.98. The minimum absolute atomic E-state index is 0.138. The molecule has 0 radical (unpaired) electrons. The second kappa shape index (κ2) is 9.77. The molecule has 184 valence electrons. The Kier molecular flexibility index (Phi) is 6.36. The van der Waals surface area contributed by atoms with Gasteiger partial charge in [-0.15, -0.1) is 0 Å². The molecule has 2 saturated heterocycles. The number of fused-ring (bicyclic) bond motifs is 1. The van der Waals surface area contributed by atoms with Gasteiger partial charge in [-0.05, 0) is 73.4 Å². The zero-order valence-corrected chi connectivity index (χ0v) is 20.8. The van der Waals surface area contributed by atoms with Gasteiger partial charge in [-0.1, -0.05) is 43.5 Å². The van der Waals surface area contributed by atoms with Crippen LogP contribution in [0.15, 0.2) is 42.5 Å². The Balaban J connectivity index is 1.13. The van der Waals surface area contributed by atoms with Crippen LogP contribution >= 0.6 is 0 Å². The second-order valence-corrected chi connectivity index (χ2v) is 10.9. The molecule has 5 nitrogen and oxygen atoms in total. The van der Waals surface area contributed by atoms with Gasteiger partial charge in [0.25, 0.3) is 11.8 Å². The lowest BCUT2D eigenvalue weighted by Gasteiger charge is -2.35. The Labute approximate surface area is 209 Å². The number of benzene rings is 2. The van der Waals surface area contributed by atoms with E-state index in [0.29, 0.717) is 6.04 Å². The first-order valence-electron chi connectivity index (χ1n) is 13.7. The maximum Gasteiger partial charge on any atom is 0.254 e. The maximum absolute atomic E-state index is 13.4. The predicted octanol–water partition coefficient (Wildman–Crippen LogP) is 4.99. The molecule has 3 heterocycles. The molecule has 4 aliphatic rings. The molecule has 2 aromatic carbocycles. The summed E-state index contributed by atoms with van der Waals surface area (Å²) in [4.78, 5) is 32.9. The smallest absolute Gasteiger partial charge is 0.254 e. The average Bonchev–Trinajstić information content (AvgIpc) is 3.62. The molecule has 1 aliphatic carbocycles. The molecule has 0 unspecified atom stereocenters. The summed E-state index contributed by atoms with van der Waals surface area (Å²) in [5.41, 5.74) is 5.01. The van der Waals surface area contributed by atoms with Crippen molar-refractivity contribution in [2.75, 3.05) is 32.7 Å². The van der Waals surface area contributed by atoms with Crippen molar-refractivity contribution in [2.24, 2.45) is 0 Å². The highest BCUT2D eigenvalue weighted by Crippen LogP contribution is 2.31. The Morgan fingerprint density at radius 2 is 1.49 bits per heavy atom. The molecule has 2 aromatic rings. The lowest BCUT2D eigenvalue weighted by molar-refractivity contribution is 0.0653. The van der Waals surface area contributed by atoms with Crippen molar-refractivity contribution in [2.45, 2.75) is 69.9 Å². The number of amides is 2. The normalized spacial score (nSPS) is 23.7. The van der Waals surface area contributed by atoms with Crippen LogP contribution in [0.2, 0.25) is 0 Å². The number of hydrogen-bond donors (Lipinski definition) is 0. The first-order valence-corrected chi connectivity index (χ1v) is 13.7. The van der Waals surface area contributed by atoms with E-state index in [0.717, 1.165) is 92.3 Å². The summed E-state index contributed by atoms with van der Waals surface area (Å²) in [5.74, 6) is 0.346. The Morgan fingerprint density at radius 3 is 2.26 bits per heavy atom. The fraction of sp³-hybridized carbons (Fsp3) is 0.533. The number of nitrogens with zero attached hydrogens (tertiary/aromatic N) is 3. The van der Waals surface area contributed by atoms with Crippen LogP contribution in [0.1, 0.15) is 77.6 Å². The number of hydrogen-bond acceptors (Lipinski definition) is 3. The van der Waals surface area contributed by atoms with Crippen molar-refractivity contribution in [3.63, 3.8) is 0 Å². The molecule has 1 atom stereocenters. The monoisotopic (exact) mass is 471 g/mol. The summed E-state index contributed by atoms with van der Waals surface area (Å²) in [6.07, 6.45) is 11.0. The molecule has 3 fully saturated rings. The fourth-order valence-electron chi connectivity index (χ4n) is 6.74. The summed E-state index contributed by atoms with van der Waals surface area (Å²) in [7, 11) is 0. The van der Waals surface area contributed by atoms with Crippen LogP contribution in [0.25, 0.3) is 11.1 Å². The van der Waals surface area contributed by atoms with E-state index < -0.39 is 0 Å². The number of carbonyl (C=O) groups is 2. The third kappa shape index (κ3) is 4.51. The molecular formula is C30H37N3O2. The van der Waals surface area contributed by atoms with Crippen molar-refractivity contribution < 1.29 is 9.59 Å². The van der Waals surface area contributed by atoms with Crippen LogP contribution in [0.4, 0.5) is 0 Å². The van der Waals surface area contributed by atoms with Gasteiger partial charge in [-0.25, -0.2) is 0 Å². The van der Waals surface area contributed by atoms with Gasteiger partial charge >= 0.3 is 0 Å². The highest BCUT2D eigenvalue weighted by atomic mass is 16.2. The lowest BCUT2D eigenvalue weighted by Crippen LogP contribution is -2.46. The topological polar surface area (TPSA) is 43.9 Å². The summed E-state index contributed by atoms with van der Waals surface area (Å²) in [6, 6.07) is 15.3. The predicted molar refractivity (Wildman–Crippen MR) is 139 cm³/mol. The van der Waals surface area contributed by atoms with Crippen molar-refractivity contribution in [3.05, 3.63) is 59.2 Å². The Morgan fingerprint density at radius 1 is 0.743 bits per heavy atom. The molecule has 0 N–H and O–H groups in total. The third-order valence-electron chi connectivity index (χ3n) is 8.80. The zero-order valence-electron chi connectivity index (χ0n) is 20.8. The highest BCUT2D eigenvalue weighted by Gasteiger charge is 2.36. The van der Waals surface area contributed by atoms with Crippen molar-refractivity contribution in [3.8, 4) is 11.1 Å². The number of likely N-dealkylation sites (tertiary alicyclic amines) is 2. The van der Waals surface area contributed by atoms with Crippen LogP contribution in [-0.2, 0) is 6.42 Å². The van der Waals surface area contributed by atoms with E-state index >= 15 is 0 Å². The SMILES string of the molecule is O=C(c1ccc(-c2ccc3c(c2)CCN([C@H]2CCN(C4CCCCC4)C2)C3=O)cc1)N1CCCC1. The van der Waals surface area contributed by atoms with E-state index in [2.05, 4.69) is 21.9 Å². The van der Waals surface area contributed by atoms with E-state index in [1.165, 1.54) is 32.1 Å². The van der Waals surface area contributed by atoms with Gasteiger partial charge in [0.2, 0.25) is 0 Å². The van der Waals surface area contributed by atoms with Crippen LogP contribution in [0.3, 0.4) is 0 Å². The molecule has 6 rings (SSSR count). The molecule has 2 amide bonds. The van der Waals surface area contributed by atoms with Crippen LogP contribution in [0, 0.1) is 0 Å². The molecule has 5 heteroatoms. The summed E-state index contributed by atoms with van der Waals surface area (Å²) >= 11 is 0. The number of rotatable bonds is 4. The van der Waals surface area contributed by atoms with Gasteiger partial charge in [0.15, 0.2) is 0 Å². The first kappa shape index (κ1) is 22.8. The minimum Gasteiger partial charge on any atom is -0.339 e. The second-order valence-electron chi connectivity index (χ2n) is 10.9. The van der Waals surface area contributed by atoms with Crippen LogP contribution in [0.5, 0.6) is 0 Å². The van der Waals surface area contributed by atoms with E-state index in [4.69, 9.17) is 0 Å². The summed E-state index contributed by atoms with van der Waals surface area (Å²) < 4.78 is 0. The standard InChI is InChI=1S/C30H37N3O2/c34-29(31-16-4-5-17-31)23-10-8-22(9-11-23)24-12-13-28-25(20-24)14-19-33(30(28)35)27-15-18-32(21-27)26-6-2-1-3-7-26/h8-13,20,26-27H,1-7,14-19,21H2/t27-/m0/s1. The maximum atomic E-state index is 13.4. The van der Waals surface area contributed by atoms with Crippen LogP contribution in [-0.4, -0.2) is 71.3 Å². The van der Waals surface area contributed by atoms with E-state index in [9.17, 15) is 9.59 Å². The van der Waals surface area contributed by atoms with Crippen molar-refractivity contribution in [1.29, 1.82) is 0 Å². The van der Waals surface area contributed by atoms with E-state index in [1.54, 1.807) is 0 Å². The van der Waals surface area contributed by atoms with Gasteiger partial charge in [0.1, 0.15) is 0 Å². The van der Waals surface area contributed by atoms with Crippen molar-refractivity contribution >= 4 is 11.8 Å². The van der Waals surface area contributed by atoms with Gasteiger partial charge in [0, 0.05) is 55.9 Å². The quantitative estimate of drug-likeness (QED) is 0.631. The Hall–Kier alpha value is -2.66. The van der Waals surface area contributed by atoms with Crippen molar-refractivity contribution in [1.82, 2.24) is 14.7 Å². The van der Waals surface area contributed by atoms with Crippen LogP contribution < -0.4 is 0 Å². The minimum atomic E-state index is 0.138. The van der Waals surface area contributed by atoms with Gasteiger partial charge in [0.05, 0.1) is 0 Å². The van der Waals surface area contributed by atoms with E-state index in [-0.39, 0.29) is 11.8 Å². The molecule has 1 saturated carbocycles. The summed E-state index contributed by atoms with van der Waals surface area (Å²) in [5, 5.41) is 0. The fourth-order valence-corrected chi connectivity index (χ4v) is 6.74. The molecule has 0 spiro atoms. The molecule has 0 aromatic heterocycles. The molecular weight excluding hydrogens is 434 g/mol. The number of carbonyl (C=O) groups excluding carboxylic acids is 2. The van der Waals surface area contributed by atoms with Gasteiger partial charge < -0.3 is 9.80 Å². The molecule has 35 heavy (non-hydrogen) atoms. The average molecular weight is 472 g/mol.